The number of fused-ring (bicyclic) bond motifs is 2. The quantitative estimate of drug-likeness (QED) is 0.280. The second kappa shape index (κ2) is 8.75. The molecule has 1 saturated heterocycles. The Bertz CT molecular complexity index is 2020. The van der Waals surface area contributed by atoms with Crippen molar-refractivity contribution in [2.75, 3.05) is 13.2 Å². The molecule has 11 heteroatoms. The maximum atomic E-state index is 6.12. The van der Waals surface area contributed by atoms with Gasteiger partial charge in [-0.3, -0.25) is 9.36 Å². The second-order valence-corrected chi connectivity index (χ2v) is 12.0. The Morgan fingerprint density at radius 2 is 1.67 bits per heavy atom. The summed E-state index contributed by atoms with van der Waals surface area (Å²) in [6.45, 7) is 1.16. The van der Waals surface area contributed by atoms with Crippen molar-refractivity contribution < 1.29 is 9.47 Å². The molecule has 2 saturated carbocycles. The molecule has 9 rings (SSSR count). The minimum Gasteiger partial charge on any atom is -0.467 e. The summed E-state index contributed by atoms with van der Waals surface area (Å²) in [5, 5.41) is 16.2. The van der Waals surface area contributed by atoms with E-state index in [4.69, 9.17) is 24.5 Å². The van der Waals surface area contributed by atoms with Gasteiger partial charge in [0.25, 0.3) is 5.88 Å². The van der Waals surface area contributed by atoms with E-state index in [1.54, 1.807) is 4.68 Å². The summed E-state index contributed by atoms with van der Waals surface area (Å²) in [5.41, 5.74) is 8.16. The van der Waals surface area contributed by atoms with Crippen molar-refractivity contribution >= 4 is 21.9 Å². The normalized spacial score (nSPS) is 17.4. The van der Waals surface area contributed by atoms with Gasteiger partial charge in [0.2, 0.25) is 0 Å². The highest BCUT2D eigenvalue weighted by atomic mass is 16.6. The third-order valence-electron chi connectivity index (χ3n) is 8.66. The average molecular weight is 562 g/mol. The smallest absolute Gasteiger partial charge is 0.259 e. The molecule has 3 aliphatic rings. The molecule has 6 aromatic rings. The van der Waals surface area contributed by atoms with Crippen molar-refractivity contribution in [2.45, 2.75) is 43.6 Å². The van der Waals surface area contributed by atoms with Crippen LogP contribution in [0.25, 0.3) is 50.3 Å². The number of imidazole rings is 1. The number of ether oxygens (including phenoxy) is 2. The third-order valence-corrected chi connectivity index (χ3v) is 8.66. The highest BCUT2D eigenvalue weighted by Gasteiger charge is 2.35. The topological polar surface area (TPSA) is 103 Å². The van der Waals surface area contributed by atoms with Gasteiger partial charge in [0, 0.05) is 73.0 Å². The molecule has 5 aromatic heterocycles. The summed E-state index contributed by atoms with van der Waals surface area (Å²) in [5.74, 6) is 2.51. The zero-order valence-corrected chi connectivity index (χ0v) is 23.9. The Labute approximate surface area is 241 Å². The molecule has 1 aliphatic heterocycles. The van der Waals surface area contributed by atoms with Crippen LogP contribution >= 0.6 is 0 Å². The lowest BCUT2D eigenvalue weighted by atomic mass is 10.0. The van der Waals surface area contributed by atoms with Crippen LogP contribution in [0.1, 0.15) is 48.9 Å². The van der Waals surface area contributed by atoms with Crippen LogP contribution in [0.5, 0.6) is 5.88 Å². The zero-order chi connectivity index (χ0) is 28.1. The van der Waals surface area contributed by atoms with Gasteiger partial charge in [-0.2, -0.15) is 10.2 Å². The minimum atomic E-state index is 0.0214. The van der Waals surface area contributed by atoms with E-state index in [-0.39, 0.29) is 6.10 Å². The number of rotatable bonds is 7. The Morgan fingerprint density at radius 3 is 2.43 bits per heavy atom. The van der Waals surface area contributed by atoms with Crippen LogP contribution < -0.4 is 4.74 Å². The molecule has 0 bridgehead atoms. The summed E-state index contributed by atoms with van der Waals surface area (Å²) in [4.78, 5) is 10.5. The Morgan fingerprint density at radius 1 is 0.857 bits per heavy atom. The molecular weight excluding hydrogens is 530 g/mol. The number of hydrogen-bond acceptors (Lipinski definition) is 7. The van der Waals surface area contributed by atoms with Gasteiger partial charge in [0.05, 0.1) is 36.3 Å². The summed E-state index contributed by atoms with van der Waals surface area (Å²) >= 11 is 0. The van der Waals surface area contributed by atoms with E-state index < -0.39 is 0 Å². The van der Waals surface area contributed by atoms with Gasteiger partial charge in [0.15, 0.2) is 5.65 Å². The second-order valence-electron chi connectivity index (χ2n) is 12.0. The third kappa shape index (κ3) is 3.79. The molecule has 11 nitrogen and oxygen atoms in total. The van der Waals surface area contributed by atoms with E-state index in [0.717, 1.165) is 68.8 Å². The van der Waals surface area contributed by atoms with E-state index in [0.29, 0.717) is 30.9 Å². The van der Waals surface area contributed by atoms with E-state index in [1.807, 2.05) is 35.9 Å². The number of aromatic nitrogens is 9. The van der Waals surface area contributed by atoms with Gasteiger partial charge in [-0.25, -0.2) is 14.6 Å². The summed E-state index contributed by atoms with van der Waals surface area (Å²) in [6.07, 6.45) is 10.8. The Kier molecular flexibility index (Phi) is 5.02. The van der Waals surface area contributed by atoms with Crippen LogP contribution in [0, 0.1) is 0 Å². The fourth-order valence-corrected chi connectivity index (χ4v) is 6.22. The summed E-state index contributed by atoms with van der Waals surface area (Å²) < 4.78 is 19.2. The molecule has 212 valence electrons. The van der Waals surface area contributed by atoms with Gasteiger partial charge in [0.1, 0.15) is 17.6 Å². The molecule has 0 radical (unpaired) electrons. The van der Waals surface area contributed by atoms with Crippen LogP contribution in [-0.2, 0) is 25.9 Å². The molecule has 0 N–H and O–H groups in total. The maximum absolute atomic E-state index is 6.12. The van der Waals surface area contributed by atoms with Gasteiger partial charge in [-0.15, -0.1) is 5.10 Å². The van der Waals surface area contributed by atoms with Crippen LogP contribution in [0.3, 0.4) is 0 Å². The molecule has 1 aromatic carbocycles. The van der Waals surface area contributed by atoms with Crippen LogP contribution in [0.15, 0.2) is 42.9 Å². The standard InChI is InChI=1S/C31H31N9O2/c1-37-12-19-11-22(26(17-7-8-17)32-29(19)35-37)30-33-27(28(39(30)3)18-9-10-18)21-5-4-6-24-23(21)13-40(34-24)25-14-38(2)36-31(25)42-20-15-41-16-20/h4-6,11-14,17-18,20H,7-10,15-16H2,1-3H3. The fraction of sp³-hybridized carbons (Fsp3) is 0.387. The largest absolute Gasteiger partial charge is 0.467 e. The van der Waals surface area contributed by atoms with Crippen molar-refractivity contribution in [3.05, 3.63) is 54.2 Å². The number of hydrogen-bond donors (Lipinski definition) is 0. The number of benzene rings is 1. The van der Waals surface area contributed by atoms with Gasteiger partial charge in [-0.1, -0.05) is 12.1 Å². The molecule has 0 atom stereocenters. The van der Waals surface area contributed by atoms with Crippen LogP contribution in [-0.4, -0.2) is 63.2 Å². The highest BCUT2D eigenvalue weighted by Crippen LogP contribution is 2.49. The van der Waals surface area contributed by atoms with E-state index in [1.165, 1.54) is 18.5 Å². The highest BCUT2D eigenvalue weighted by molar-refractivity contribution is 5.95. The monoisotopic (exact) mass is 561 g/mol. The lowest BCUT2D eigenvalue weighted by Gasteiger charge is -2.25. The molecular formula is C31H31N9O2. The fourth-order valence-electron chi connectivity index (χ4n) is 6.22. The van der Waals surface area contributed by atoms with Gasteiger partial charge < -0.3 is 14.0 Å². The first kappa shape index (κ1) is 24.1. The predicted octanol–water partition coefficient (Wildman–Crippen LogP) is 4.64. The van der Waals surface area contributed by atoms with E-state index in [2.05, 4.69) is 52.3 Å². The molecule has 0 unspecified atom stereocenters. The average Bonchev–Trinajstić information content (AvgIpc) is 3.82. The van der Waals surface area contributed by atoms with E-state index >= 15 is 0 Å². The molecule has 0 spiro atoms. The molecule has 0 amide bonds. The predicted molar refractivity (Wildman–Crippen MR) is 157 cm³/mol. The first-order valence-corrected chi connectivity index (χ1v) is 14.7. The number of nitrogens with zero attached hydrogens (tertiary/aromatic N) is 9. The zero-order valence-electron chi connectivity index (χ0n) is 23.9. The first-order valence-electron chi connectivity index (χ1n) is 14.7. The number of pyridine rings is 1. The molecule has 2 aliphatic carbocycles. The molecule has 42 heavy (non-hydrogen) atoms. The van der Waals surface area contributed by atoms with Crippen molar-refractivity contribution in [1.29, 1.82) is 0 Å². The van der Waals surface area contributed by atoms with Crippen LogP contribution in [0.4, 0.5) is 0 Å². The Hall–Kier alpha value is -4.51. The number of aryl methyl sites for hydroxylation is 2. The van der Waals surface area contributed by atoms with Crippen molar-refractivity contribution in [3.8, 4) is 34.2 Å². The molecule has 6 heterocycles. The summed E-state index contributed by atoms with van der Waals surface area (Å²) in [6, 6.07) is 8.54. The molecule has 3 fully saturated rings. The van der Waals surface area contributed by atoms with Gasteiger partial charge >= 0.3 is 0 Å². The van der Waals surface area contributed by atoms with E-state index in [9.17, 15) is 0 Å². The lowest BCUT2D eigenvalue weighted by molar-refractivity contribution is -0.0815. The minimum absolute atomic E-state index is 0.0214. The Balaban J connectivity index is 1.20. The van der Waals surface area contributed by atoms with Crippen LogP contribution in [0.2, 0.25) is 0 Å². The summed E-state index contributed by atoms with van der Waals surface area (Å²) in [7, 11) is 6.01. The lowest BCUT2D eigenvalue weighted by Crippen LogP contribution is -2.38. The first-order chi connectivity index (χ1) is 20.5. The van der Waals surface area contributed by atoms with Crippen molar-refractivity contribution in [2.24, 2.45) is 21.1 Å². The van der Waals surface area contributed by atoms with Gasteiger partial charge in [-0.05, 0) is 37.8 Å². The van der Waals surface area contributed by atoms with Crippen molar-refractivity contribution in [1.82, 2.24) is 43.9 Å². The van der Waals surface area contributed by atoms with Crippen molar-refractivity contribution in [3.63, 3.8) is 0 Å². The maximum Gasteiger partial charge on any atom is 0.259 e. The SMILES string of the molecule is Cn1cc(-n2cc3c(-c4nc(-c5cc6cn(C)nc6nc5C5CC5)n(C)c4C4CC4)cccc3n2)c(OC2COC2)n1.